The summed E-state index contributed by atoms with van der Waals surface area (Å²) >= 11 is 0. The van der Waals surface area contributed by atoms with E-state index in [2.05, 4.69) is 9.97 Å². The summed E-state index contributed by atoms with van der Waals surface area (Å²) in [6.07, 6.45) is 1.73. The summed E-state index contributed by atoms with van der Waals surface area (Å²) in [7, 11) is 0. The number of hydrogen-bond acceptors (Lipinski definition) is 6. The Morgan fingerprint density at radius 1 is 1.29 bits per heavy atom. The monoisotopic (exact) mass is 329 g/mol. The van der Waals surface area contributed by atoms with E-state index >= 15 is 0 Å². The molecule has 1 aromatic carbocycles. The van der Waals surface area contributed by atoms with Crippen LogP contribution in [0, 0.1) is 13.8 Å². The molecule has 0 saturated carbocycles. The molecule has 24 heavy (non-hydrogen) atoms. The second-order valence-corrected chi connectivity index (χ2v) is 6.21. The molecular weight excluding hydrogens is 306 g/mol. The number of para-hydroxylation sites is 1. The first-order valence-electron chi connectivity index (χ1n) is 8.09. The summed E-state index contributed by atoms with van der Waals surface area (Å²) < 4.78 is 11.4. The zero-order valence-corrected chi connectivity index (χ0v) is 14.1. The number of rotatable bonds is 4. The predicted octanol–water partition coefficient (Wildman–Crippen LogP) is 1.74. The van der Waals surface area contributed by atoms with Gasteiger partial charge in [-0.1, -0.05) is 18.2 Å². The smallest absolute Gasteiger partial charge is 0.139 e. The molecular formula is C18H23N3O3. The van der Waals surface area contributed by atoms with Gasteiger partial charge in [-0.2, -0.15) is 0 Å². The normalized spacial score (nSPS) is 21.4. The van der Waals surface area contributed by atoms with Crippen LogP contribution < -0.4 is 9.64 Å². The number of nitrogens with zero attached hydrogens (tertiary/aromatic N) is 3. The maximum atomic E-state index is 11.0. The predicted molar refractivity (Wildman–Crippen MR) is 91.4 cm³/mol. The Morgan fingerprint density at radius 3 is 2.92 bits per heavy atom. The molecule has 1 unspecified atom stereocenters. The molecule has 1 fully saturated rings. The summed E-state index contributed by atoms with van der Waals surface area (Å²) in [5.41, 5.74) is -0.0589. The lowest BCUT2D eigenvalue weighted by Crippen LogP contribution is -2.49. The number of anilines is 1. The molecule has 1 aromatic heterocycles. The van der Waals surface area contributed by atoms with Crippen LogP contribution in [0.2, 0.25) is 0 Å². The van der Waals surface area contributed by atoms with Gasteiger partial charge >= 0.3 is 0 Å². The van der Waals surface area contributed by atoms with Crippen LogP contribution >= 0.6 is 0 Å². The van der Waals surface area contributed by atoms with Gasteiger partial charge in [0, 0.05) is 12.7 Å². The number of aliphatic hydroxyl groups is 1. The maximum Gasteiger partial charge on any atom is 0.139 e. The Hall–Kier alpha value is -2.18. The molecule has 6 heteroatoms. The van der Waals surface area contributed by atoms with Crippen molar-refractivity contribution in [2.75, 3.05) is 37.8 Å². The lowest BCUT2D eigenvalue weighted by molar-refractivity contribution is -0.0537. The molecule has 0 aliphatic carbocycles. The summed E-state index contributed by atoms with van der Waals surface area (Å²) in [4.78, 5) is 10.6. The Balaban J connectivity index is 1.72. The minimum Gasteiger partial charge on any atom is -0.490 e. The quantitative estimate of drug-likeness (QED) is 0.921. The third-order valence-electron chi connectivity index (χ3n) is 4.04. The molecule has 2 heterocycles. The molecule has 1 saturated heterocycles. The lowest BCUT2D eigenvalue weighted by Gasteiger charge is -2.31. The second kappa shape index (κ2) is 7.15. The van der Waals surface area contributed by atoms with Crippen molar-refractivity contribution >= 4 is 5.82 Å². The number of benzene rings is 1. The van der Waals surface area contributed by atoms with E-state index in [0.717, 1.165) is 17.1 Å². The van der Waals surface area contributed by atoms with Crippen molar-refractivity contribution < 1.29 is 14.6 Å². The zero-order chi connectivity index (χ0) is 17.0. The van der Waals surface area contributed by atoms with E-state index in [1.165, 1.54) is 0 Å². The Kier molecular flexibility index (Phi) is 4.97. The number of hydrogen-bond donors (Lipinski definition) is 1. The SMILES string of the molecule is Cc1nccc(N2CCOCC(O)(COc3ccccc3C)C2)n1. The van der Waals surface area contributed by atoms with E-state index in [9.17, 15) is 5.11 Å². The van der Waals surface area contributed by atoms with Crippen LogP contribution in [0.25, 0.3) is 0 Å². The van der Waals surface area contributed by atoms with Crippen LogP contribution in [0.3, 0.4) is 0 Å². The van der Waals surface area contributed by atoms with E-state index in [4.69, 9.17) is 9.47 Å². The Bertz CT molecular complexity index is 695. The van der Waals surface area contributed by atoms with Crippen molar-refractivity contribution in [3.63, 3.8) is 0 Å². The van der Waals surface area contributed by atoms with Gasteiger partial charge in [-0.25, -0.2) is 9.97 Å². The molecule has 0 bridgehead atoms. The van der Waals surface area contributed by atoms with Crippen molar-refractivity contribution in [3.8, 4) is 5.75 Å². The molecule has 1 aliphatic rings. The Morgan fingerprint density at radius 2 is 2.12 bits per heavy atom. The van der Waals surface area contributed by atoms with Crippen molar-refractivity contribution in [1.29, 1.82) is 0 Å². The molecule has 3 rings (SSSR count). The highest BCUT2D eigenvalue weighted by Gasteiger charge is 2.34. The third kappa shape index (κ3) is 4.01. The van der Waals surface area contributed by atoms with Crippen molar-refractivity contribution in [2.45, 2.75) is 19.4 Å². The molecule has 0 spiro atoms. The molecule has 6 nitrogen and oxygen atoms in total. The van der Waals surface area contributed by atoms with Gasteiger partial charge in [-0.3, -0.25) is 0 Å². The van der Waals surface area contributed by atoms with Gasteiger partial charge in [-0.05, 0) is 31.5 Å². The highest BCUT2D eigenvalue weighted by molar-refractivity contribution is 5.38. The fourth-order valence-electron chi connectivity index (χ4n) is 2.75. The molecule has 128 valence electrons. The first kappa shape index (κ1) is 16.7. The van der Waals surface area contributed by atoms with Crippen molar-refractivity contribution in [1.82, 2.24) is 9.97 Å². The highest BCUT2D eigenvalue weighted by Crippen LogP contribution is 2.22. The topological polar surface area (TPSA) is 67.7 Å². The molecule has 2 aromatic rings. The molecule has 0 amide bonds. The fourth-order valence-corrected chi connectivity index (χ4v) is 2.75. The van der Waals surface area contributed by atoms with Gasteiger partial charge in [0.25, 0.3) is 0 Å². The van der Waals surface area contributed by atoms with E-state index in [-0.39, 0.29) is 13.2 Å². The summed E-state index contributed by atoms with van der Waals surface area (Å²) in [6.45, 7) is 5.84. The van der Waals surface area contributed by atoms with Crippen LogP contribution in [0.15, 0.2) is 36.5 Å². The van der Waals surface area contributed by atoms with Gasteiger partial charge in [0.1, 0.15) is 29.6 Å². The van der Waals surface area contributed by atoms with Gasteiger partial charge in [-0.15, -0.1) is 0 Å². The molecule has 1 aliphatic heterocycles. The third-order valence-corrected chi connectivity index (χ3v) is 4.04. The van der Waals surface area contributed by atoms with Gasteiger partial charge in [0.15, 0.2) is 0 Å². The number of β-amino-alcohol motifs (C(OH)–C–C–N with tert-alkyl or cyclic N) is 1. The van der Waals surface area contributed by atoms with E-state index < -0.39 is 5.60 Å². The van der Waals surface area contributed by atoms with E-state index in [1.54, 1.807) is 6.20 Å². The van der Waals surface area contributed by atoms with Crippen LogP contribution in [0.4, 0.5) is 5.82 Å². The van der Waals surface area contributed by atoms with E-state index in [0.29, 0.717) is 25.5 Å². The summed E-state index contributed by atoms with van der Waals surface area (Å²) in [5, 5.41) is 11.0. The molecule has 0 radical (unpaired) electrons. The van der Waals surface area contributed by atoms with Gasteiger partial charge in [0.2, 0.25) is 0 Å². The van der Waals surface area contributed by atoms with Crippen LogP contribution in [-0.2, 0) is 4.74 Å². The average molecular weight is 329 g/mol. The lowest BCUT2D eigenvalue weighted by atomic mass is 10.1. The zero-order valence-electron chi connectivity index (χ0n) is 14.1. The minimum atomic E-state index is -1.10. The second-order valence-electron chi connectivity index (χ2n) is 6.21. The number of aromatic nitrogens is 2. The Labute approximate surface area is 142 Å². The number of ether oxygens (including phenoxy) is 2. The fraction of sp³-hybridized carbons (Fsp3) is 0.444. The summed E-state index contributed by atoms with van der Waals surface area (Å²) in [6, 6.07) is 9.62. The van der Waals surface area contributed by atoms with Crippen LogP contribution in [0.1, 0.15) is 11.4 Å². The van der Waals surface area contributed by atoms with Gasteiger partial charge in [0.05, 0.1) is 19.8 Å². The maximum absolute atomic E-state index is 11.0. The average Bonchev–Trinajstić information content (AvgIpc) is 2.77. The summed E-state index contributed by atoms with van der Waals surface area (Å²) in [5.74, 6) is 2.28. The largest absolute Gasteiger partial charge is 0.490 e. The van der Waals surface area contributed by atoms with Crippen LogP contribution in [0.5, 0.6) is 5.75 Å². The first-order chi connectivity index (χ1) is 11.6. The standard InChI is InChI=1S/C18H23N3O3/c1-14-5-3-4-6-16(14)24-13-18(22)11-21(9-10-23-12-18)17-7-8-19-15(2)20-17/h3-8,22H,9-13H2,1-2H3. The minimum absolute atomic E-state index is 0.165. The highest BCUT2D eigenvalue weighted by atomic mass is 16.5. The van der Waals surface area contributed by atoms with E-state index in [1.807, 2.05) is 49.1 Å². The van der Waals surface area contributed by atoms with Gasteiger partial charge < -0.3 is 19.5 Å². The first-order valence-corrected chi connectivity index (χ1v) is 8.09. The van der Waals surface area contributed by atoms with Crippen LogP contribution in [-0.4, -0.2) is 53.6 Å². The van der Waals surface area contributed by atoms with Crippen molar-refractivity contribution in [3.05, 3.63) is 47.9 Å². The number of aryl methyl sites for hydroxylation is 2. The molecule has 1 atom stereocenters. The van der Waals surface area contributed by atoms with Crippen molar-refractivity contribution in [2.24, 2.45) is 0 Å². The molecule has 1 N–H and O–H groups in total.